The summed E-state index contributed by atoms with van der Waals surface area (Å²) in [5.74, 6) is -0.599. The molecule has 0 unspecified atom stereocenters. The van der Waals surface area contributed by atoms with Crippen LogP contribution in [-0.4, -0.2) is 78.1 Å². The van der Waals surface area contributed by atoms with Gasteiger partial charge in [-0.15, -0.1) is 0 Å². The second kappa shape index (κ2) is 9.93. The van der Waals surface area contributed by atoms with Crippen LogP contribution in [0.25, 0.3) is 0 Å². The van der Waals surface area contributed by atoms with E-state index in [1.807, 2.05) is 23.6 Å². The van der Waals surface area contributed by atoms with E-state index in [0.717, 1.165) is 17.0 Å². The number of morpholine rings is 1. The van der Waals surface area contributed by atoms with Gasteiger partial charge in [0.2, 0.25) is 5.91 Å². The Morgan fingerprint density at radius 2 is 1.81 bits per heavy atom. The fourth-order valence-corrected chi connectivity index (χ4v) is 5.42. The summed E-state index contributed by atoms with van der Waals surface area (Å²) in [6.45, 7) is 7.63. The highest BCUT2D eigenvalue weighted by molar-refractivity contribution is 6.01. The number of urea groups is 1. The van der Waals surface area contributed by atoms with Crippen LogP contribution >= 0.6 is 0 Å². The van der Waals surface area contributed by atoms with Crippen LogP contribution in [-0.2, 0) is 22.5 Å². The molecule has 2 N–H and O–H groups in total. The van der Waals surface area contributed by atoms with Gasteiger partial charge in [0, 0.05) is 49.3 Å². The van der Waals surface area contributed by atoms with E-state index in [1.165, 1.54) is 12.1 Å². The van der Waals surface area contributed by atoms with E-state index < -0.39 is 0 Å². The topological polar surface area (TPSA) is 98.0 Å². The fraction of sp³-hybridized carbons (Fsp3) is 0.500. The summed E-state index contributed by atoms with van der Waals surface area (Å²) in [6.07, 6.45) is 1.57. The van der Waals surface area contributed by atoms with Crippen molar-refractivity contribution in [1.82, 2.24) is 20.1 Å². The molecule has 0 aliphatic carbocycles. The number of likely N-dealkylation sites (tertiary alicyclic amines) is 1. The number of carbonyl (C=O) groups excluding carboxylic acids is 3. The summed E-state index contributed by atoms with van der Waals surface area (Å²) in [5, 5.41) is 3.14. The van der Waals surface area contributed by atoms with Gasteiger partial charge < -0.3 is 29.7 Å². The molecule has 9 nitrogen and oxygen atoms in total. The third-order valence-electron chi connectivity index (χ3n) is 7.44. The molecule has 0 radical (unpaired) electrons. The van der Waals surface area contributed by atoms with Gasteiger partial charge in [-0.3, -0.25) is 9.59 Å². The third-order valence-corrected chi connectivity index (χ3v) is 7.44. The van der Waals surface area contributed by atoms with Crippen molar-refractivity contribution in [3.05, 3.63) is 52.1 Å². The van der Waals surface area contributed by atoms with Crippen LogP contribution in [0.3, 0.4) is 0 Å². The number of fused-ring (bicyclic) bond motifs is 1. The minimum absolute atomic E-state index is 0.00896. The van der Waals surface area contributed by atoms with Crippen LogP contribution < -0.4 is 10.2 Å². The Balaban J connectivity index is 1.21. The average molecular weight is 498 g/mol. The van der Waals surface area contributed by atoms with Crippen LogP contribution in [0.4, 0.5) is 14.9 Å². The number of aromatic amines is 1. The summed E-state index contributed by atoms with van der Waals surface area (Å²) in [4.78, 5) is 47.1. The molecular weight excluding hydrogens is 465 g/mol. The molecule has 3 aliphatic heterocycles. The number of amides is 4. The summed E-state index contributed by atoms with van der Waals surface area (Å²) in [6, 6.07) is 4.43. The van der Waals surface area contributed by atoms with Crippen LogP contribution in [0.2, 0.25) is 0 Å². The lowest BCUT2D eigenvalue weighted by Crippen LogP contribution is -2.52. The van der Waals surface area contributed by atoms with Crippen molar-refractivity contribution in [3.8, 4) is 0 Å². The van der Waals surface area contributed by atoms with Crippen molar-refractivity contribution in [2.45, 2.75) is 45.7 Å². The summed E-state index contributed by atoms with van der Waals surface area (Å²) < 4.78 is 18.9. The van der Waals surface area contributed by atoms with Crippen molar-refractivity contribution < 1.29 is 23.5 Å². The van der Waals surface area contributed by atoms with Gasteiger partial charge in [-0.05, 0) is 56.0 Å². The molecule has 0 spiro atoms. The van der Waals surface area contributed by atoms with E-state index in [0.29, 0.717) is 75.6 Å². The minimum atomic E-state index is -0.356. The molecule has 5 rings (SSSR count). The molecule has 4 amide bonds. The number of nitrogens with zero attached hydrogens (tertiary/aromatic N) is 3. The van der Waals surface area contributed by atoms with Crippen molar-refractivity contribution in [2.75, 3.05) is 44.3 Å². The SMILES string of the molecule is Cc1[nH]c(CN2C(=O)Cc3cc(F)ccc32)c(C)c1C(=O)NC1CCN(C(=O)N2CCOCC2)CC1. The first-order chi connectivity index (χ1) is 17.3. The van der Waals surface area contributed by atoms with Crippen LogP contribution in [0.5, 0.6) is 0 Å². The van der Waals surface area contributed by atoms with Crippen molar-refractivity contribution in [2.24, 2.45) is 0 Å². The number of piperidine rings is 1. The zero-order valence-electron chi connectivity index (χ0n) is 20.7. The highest BCUT2D eigenvalue weighted by atomic mass is 19.1. The monoisotopic (exact) mass is 497 g/mol. The minimum Gasteiger partial charge on any atom is -0.378 e. The Hall–Kier alpha value is -3.40. The maximum absolute atomic E-state index is 13.6. The number of rotatable bonds is 4. The van der Waals surface area contributed by atoms with Crippen molar-refractivity contribution in [3.63, 3.8) is 0 Å². The molecule has 0 bridgehead atoms. The number of benzene rings is 1. The van der Waals surface area contributed by atoms with E-state index in [-0.39, 0.29) is 36.1 Å². The zero-order valence-corrected chi connectivity index (χ0v) is 20.7. The summed E-state index contributed by atoms with van der Waals surface area (Å²) in [7, 11) is 0. The molecule has 36 heavy (non-hydrogen) atoms. The number of aromatic nitrogens is 1. The van der Waals surface area contributed by atoms with E-state index in [9.17, 15) is 18.8 Å². The average Bonchev–Trinajstić information content (AvgIpc) is 3.33. The predicted molar refractivity (Wildman–Crippen MR) is 131 cm³/mol. The number of hydrogen-bond acceptors (Lipinski definition) is 4. The van der Waals surface area contributed by atoms with Gasteiger partial charge in [0.1, 0.15) is 5.82 Å². The molecule has 4 heterocycles. The smallest absolute Gasteiger partial charge is 0.320 e. The highest BCUT2D eigenvalue weighted by Gasteiger charge is 2.31. The Bertz CT molecular complexity index is 1180. The zero-order chi connectivity index (χ0) is 25.4. The van der Waals surface area contributed by atoms with Crippen LogP contribution in [0.1, 0.15) is 45.7 Å². The second-order valence-electron chi connectivity index (χ2n) is 9.78. The van der Waals surface area contributed by atoms with Gasteiger partial charge in [-0.2, -0.15) is 0 Å². The maximum atomic E-state index is 13.6. The number of halogens is 1. The first kappa shape index (κ1) is 24.3. The molecule has 10 heteroatoms. The number of ether oxygens (including phenoxy) is 1. The van der Waals surface area contributed by atoms with E-state index in [2.05, 4.69) is 10.3 Å². The molecular formula is C26H32FN5O4. The molecule has 0 atom stereocenters. The number of aryl methyl sites for hydroxylation is 1. The number of hydrogen-bond donors (Lipinski definition) is 2. The Kier molecular flexibility index (Phi) is 6.70. The number of carbonyl (C=O) groups is 3. The Morgan fingerprint density at radius 3 is 2.53 bits per heavy atom. The lowest BCUT2D eigenvalue weighted by Gasteiger charge is -2.37. The summed E-state index contributed by atoms with van der Waals surface area (Å²) >= 11 is 0. The highest BCUT2D eigenvalue weighted by Crippen LogP contribution is 2.32. The quantitative estimate of drug-likeness (QED) is 0.678. The largest absolute Gasteiger partial charge is 0.378 e. The molecule has 1 aromatic heterocycles. The normalized spacial score (nSPS) is 18.5. The second-order valence-corrected chi connectivity index (χ2v) is 9.78. The van der Waals surface area contributed by atoms with Crippen LogP contribution in [0.15, 0.2) is 18.2 Å². The molecule has 2 saturated heterocycles. The molecule has 2 fully saturated rings. The van der Waals surface area contributed by atoms with Gasteiger partial charge in [0.25, 0.3) is 5.91 Å². The first-order valence-corrected chi connectivity index (χ1v) is 12.5. The summed E-state index contributed by atoms with van der Waals surface area (Å²) in [5.41, 5.74) is 4.30. The maximum Gasteiger partial charge on any atom is 0.320 e. The van der Waals surface area contributed by atoms with Crippen molar-refractivity contribution in [1.29, 1.82) is 0 Å². The standard InChI is InChI=1S/C26H32FN5O4/c1-16-21(15-32-22-4-3-19(27)13-18(22)14-23(32)33)28-17(2)24(16)25(34)29-20-5-7-30(8-6-20)26(35)31-9-11-36-12-10-31/h3-4,13,20,28H,5-12,14-15H2,1-2H3,(H,29,34). The van der Waals surface area contributed by atoms with Crippen LogP contribution in [0, 0.1) is 19.7 Å². The van der Waals surface area contributed by atoms with Gasteiger partial charge in [-0.1, -0.05) is 0 Å². The molecule has 3 aliphatic rings. The Labute approximate surface area is 209 Å². The lowest BCUT2D eigenvalue weighted by atomic mass is 10.0. The molecule has 1 aromatic carbocycles. The third kappa shape index (κ3) is 4.69. The van der Waals surface area contributed by atoms with Gasteiger partial charge in [0.15, 0.2) is 0 Å². The van der Waals surface area contributed by atoms with Gasteiger partial charge in [0.05, 0.1) is 31.7 Å². The van der Waals surface area contributed by atoms with E-state index >= 15 is 0 Å². The fourth-order valence-electron chi connectivity index (χ4n) is 5.42. The molecule has 192 valence electrons. The molecule has 2 aromatic rings. The van der Waals surface area contributed by atoms with E-state index in [4.69, 9.17) is 4.74 Å². The molecule has 0 saturated carbocycles. The number of H-pyrrole nitrogens is 1. The van der Waals surface area contributed by atoms with Gasteiger partial charge >= 0.3 is 6.03 Å². The Morgan fingerprint density at radius 1 is 1.11 bits per heavy atom. The predicted octanol–water partition coefficient (Wildman–Crippen LogP) is 2.51. The van der Waals surface area contributed by atoms with Crippen molar-refractivity contribution >= 4 is 23.5 Å². The lowest BCUT2D eigenvalue weighted by molar-refractivity contribution is -0.117. The van der Waals surface area contributed by atoms with Gasteiger partial charge in [-0.25, -0.2) is 9.18 Å². The number of nitrogens with one attached hydrogen (secondary N) is 2. The van der Waals surface area contributed by atoms with E-state index in [1.54, 1.807) is 11.0 Å². The number of anilines is 1. The first-order valence-electron chi connectivity index (χ1n) is 12.5.